The molecule has 1 spiro atoms. The van der Waals surface area contributed by atoms with Gasteiger partial charge in [-0.15, -0.1) is 5.43 Å². The van der Waals surface area contributed by atoms with Gasteiger partial charge in [-0.3, -0.25) is 0 Å². The normalized spacial score (nSPS) is 28.0. The highest BCUT2D eigenvalue weighted by Crippen LogP contribution is 2.49. The number of hydrazine groups is 1. The number of thioether (sulfide) groups is 2. The van der Waals surface area contributed by atoms with Crippen molar-refractivity contribution >= 4 is 51.2 Å². The van der Waals surface area contributed by atoms with Crippen LogP contribution in [-0.2, 0) is 4.74 Å². The molecule has 0 bridgehead atoms. The van der Waals surface area contributed by atoms with Crippen molar-refractivity contribution in [1.82, 2.24) is 10.4 Å². The first-order chi connectivity index (χ1) is 10.6. The second kappa shape index (κ2) is 4.82. The van der Waals surface area contributed by atoms with E-state index in [9.17, 15) is 0 Å². The molecule has 1 N–H and O–H groups in total. The molecule has 4 heterocycles. The van der Waals surface area contributed by atoms with E-state index < -0.39 is 4.33 Å². The van der Waals surface area contributed by atoms with Gasteiger partial charge >= 0.3 is 9.56 Å². The largest absolute Gasteiger partial charge is 0.522 e. The molecule has 4 rings (SSSR count). The maximum Gasteiger partial charge on any atom is 0.522 e. The second-order valence-corrected chi connectivity index (χ2v) is 7.40. The molecule has 0 aromatic carbocycles. The van der Waals surface area contributed by atoms with Gasteiger partial charge in [0.2, 0.25) is 5.17 Å². The lowest BCUT2D eigenvalue weighted by atomic mass is 10.3. The molecule has 0 aliphatic carbocycles. The topological polar surface area (TPSA) is 64.9 Å². The number of hydrogen-bond acceptors (Lipinski definition) is 6. The fourth-order valence-electron chi connectivity index (χ4n) is 2.44. The predicted octanol–water partition coefficient (Wildman–Crippen LogP) is 1.56. The van der Waals surface area contributed by atoms with E-state index in [2.05, 4.69) is 39.0 Å². The number of nitrogens with one attached hydrogen (secondary N) is 1. The molecule has 9 heteroatoms. The van der Waals surface area contributed by atoms with Crippen LogP contribution >= 0.6 is 23.5 Å². The molecule has 0 saturated carbocycles. The Balaban J connectivity index is 1.74. The van der Waals surface area contributed by atoms with Gasteiger partial charge in [-0.25, -0.2) is 4.98 Å². The lowest BCUT2D eigenvalue weighted by Crippen LogP contribution is -2.39. The minimum atomic E-state index is -0.437. The number of amidine groups is 1. The Morgan fingerprint density at radius 2 is 2.14 bits per heavy atom. The SMILES string of the molecule is COC1=N[N+]2=C(C)C(C)=[N+]3NC(=Nc4ccccn4)SC23S1. The van der Waals surface area contributed by atoms with Crippen molar-refractivity contribution in [2.75, 3.05) is 7.11 Å². The number of pyridine rings is 1. The Labute approximate surface area is 135 Å². The van der Waals surface area contributed by atoms with Crippen LogP contribution in [0.4, 0.5) is 5.82 Å². The Bertz CT molecular complexity index is 785. The van der Waals surface area contributed by atoms with E-state index in [1.54, 1.807) is 36.8 Å². The molecular formula is C13H14N6OS2+2. The number of aromatic nitrogens is 1. The second-order valence-electron chi connectivity index (χ2n) is 4.86. The van der Waals surface area contributed by atoms with Crippen LogP contribution in [0.3, 0.4) is 0 Å². The number of hydrogen-bond donors (Lipinski definition) is 1. The summed E-state index contributed by atoms with van der Waals surface area (Å²) in [6, 6.07) is 5.67. The summed E-state index contributed by atoms with van der Waals surface area (Å²) in [6.07, 6.45) is 1.73. The first-order valence-corrected chi connectivity index (χ1v) is 8.32. The molecule has 7 nitrogen and oxygen atoms in total. The molecule has 1 aromatic rings. The first kappa shape index (κ1) is 13.8. The van der Waals surface area contributed by atoms with Crippen molar-refractivity contribution < 1.29 is 14.1 Å². The number of ether oxygens (including phenoxy) is 1. The highest BCUT2D eigenvalue weighted by Gasteiger charge is 2.74. The summed E-state index contributed by atoms with van der Waals surface area (Å²) in [4.78, 5) is 8.81. The van der Waals surface area contributed by atoms with Gasteiger partial charge in [0.15, 0.2) is 5.82 Å². The maximum atomic E-state index is 5.32. The van der Waals surface area contributed by atoms with E-state index in [1.807, 2.05) is 22.9 Å². The van der Waals surface area contributed by atoms with Crippen molar-refractivity contribution in [1.29, 1.82) is 0 Å². The van der Waals surface area contributed by atoms with E-state index in [0.29, 0.717) is 11.0 Å². The van der Waals surface area contributed by atoms with E-state index in [0.717, 1.165) is 16.6 Å². The summed E-state index contributed by atoms with van der Waals surface area (Å²) in [5.74, 6) is 0.677. The number of aliphatic imine (C=N–C) groups is 1. The predicted molar refractivity (Wildman–Crippen MR) is 88.7 cm³/mol. The van der Waals surface area contributed by atoms with E-state index in [1.165, 1.54) is 0 Å². The summed E-state index contributed by atoms with van der Waals surface area (Å²) < 4.78 is 8.93. The fourth-order valence-corrected chi connectivity index (χ4v) is 5.09. The third-order valence-electron chi connectivity index (χ3n) is 3.61. The molecule has 1 unspecified atom stereocenters. The van der Waals surface area contributed by atoms with Gasteiger partial charge < -0.3 is 4.74 Å². The van der Waals surface area contributed by atoms with Gasteiger partial charge in [0.25, 0.3) is 11.4 Å². The maximum absolute atomic E-state index is 5.32. The zero-order chi connectivity index (χ0) is 15.3. The van der Waals surface area contributed by atoms with Crippen molar-refractivity contribution in [3.8, 4) is 0 Å². The van der Waals surface area contributed by atoms with Crippen molar-refractivity contribution in [2.45, 2.75) is 18.2 Å². The monoisotopic (exact) mass is 334 g/mol. The van der Waals surface area contributed by atoms with Crippen molar-refractivity contribution in [3.05, 3.63) is 24.4 Å². The van der Waals surface area contributed by atoms with Crippen molar-refractivity contribution in [3.63, 3.8) is 0 Å². The number of rotatable bonds is 1. The highest BCUT2D eigenvalue weighted by atomic mass is 32.2. The summed E-state index contributed by atoms with van der Waals surface area (Å²) in [5, 5.41) is 5.97. The molecule has 1 aromatic heterocycles. The van der Waals surface area contributed by atoms with Crippen LogP contribution in [0.5, 0.6) is 0 Å². The Morgan fingerprint density at radius 3 is 2.86 bits per heavy atom. The van der Waals surface area contributed by atoms with Crippen LogP contribution in [0.2, 0.25) is 0 Å². The zero-order valence-electron chi connectivity index (χ0n) is 12.3. The Morgan fingerprint density at radius 1 is 1.27 bits per heavy atom. The fraction of sp³-hybridized carbons (Fsp3) is 0.308. The van der Waals surface area contributed by atoms with E-state index in [-0.39, 0.29) is 0 Å². The molecule has 22 heavy (non-hydrogen) atoms. The van der Waals surface area contributed by atoms with Gasteiger partial charge in [-0.1, -0.05) is 6.07 Å². The molecule has 0 radical (unpaired) electrons. The Hall–Kier alpha value is -1.87. The van der Waals surface area contributed by atoms with Gasteiger partial charge in [-0.05, 0) is 16.8 Å². The van der Waals surface area contributed by atoms with Crippen LogP contribution in [0.15, 0.2) is 34.5 Å². The summed E-state index contributed by atoms with van der Waals surface area (Å²) in [6.45, 7) is 4.12. The molecule has 3 aliphatic rings. The quantitative estimate of drug-likeness (QED) is 0.790. The molecule has 1 saturated heterocycles. The lowest BCUT2D eigenvalue weighted by Gasteiger charge is -2.02. The van der Waals surface area contributed by atoms with Gasteiger partial charge in [-0.2, -0.15) is 4.99 Å². The van der Waals surface area contributed by atoms with Gasteiger partial charge in [0.05, 0.1) is 24.0 Å². The van der Waals surface area contributed by atoms with Crippen molar-refractivity contribution in [2.24, 2.45) is 10.1 Å². The minimum absolute atomic E-state index is 0.437. The van der Waals surface area contributed by atoms with Crippen LogP contribution in [0.25, 0.3) is 0 Å². The zero-order valence-corrected chi connectivity index (χ0v) is 13.9. The molecule has 0 amide bonds. The average Bonchev–Trinajstić information content (AvgIpc) is 3.12. The van der Waals surface area contributed by atoms with Gasteiger partial charge in [0.1, 0.15) is 11.8 Å². The summed E-state index contributed by atoms with van der Waals surface area (Å²) in [5.41, 5.74) is 5.56. The minimum Gasteiger partial charge on any atom is -0.472 e. The standard InChI is InChI=1S/C13H13N6OS2/c1-8-9(2)19-13(22-12(17-19)20-3)18(8)16-11(21-13)15-10-6-4-5-7-14-10/h4-7H,1-3H3/q+1/p+1. The van der Waals surface area contributed by atoms with Gasteiger partial charge in [0, 0.05) is 24.7 Å². The average molecular weight is 334 g/mol. The molecular weight excluding hydrogens is 320 g/mol. The molecule has 3 aliphatic heterocycles. The third-order valence-corrected chi connectivity index (χ3v) is 6.15. The third kappa shape index (κ3) is 1.82. The number of methoxy groups -OCH3 is 1. The first-order valence-electron chi connectivity index (χ1n) is 6.69. The number of nitrogens with zero attached hydrogens (tertiary/aromatic N) is 5. The van der Waals surface area contributed by atoms with Crippen LogP contribution in [0.1, 0.15) is 13.8 Å². The molecule has 1 atom stereocenters. The Kier molecular flexibility index (Phi) is 3.01. The van der Waals surface area contributed by atoms with Crippen LogP contribution in [-0.4, -0.2) is 47.6 Å². The van der Waals surface area contributed by atoms with Crippen LogP contribution in [0, 0.1) is 0 Å². The van der Waals surface area contributed by atoms with Crippen LogP contribution < -0.4 is 5.43 Å². The molecule has 1 fully saturated rings. The molecule has 112 valence electrons. The smallest absolute Gasteiger partial charge is 0.472 e. The number of hydrazone groups is 2. The highest BCUT2D eigenvalue weighted by molar-refractivity contribution is 8.30. The lowest BCUT2D eigenvalue weighted by molar-refractivity contribution is -0.766. The van der Waals surface area contributed by atoms with E-state index in [4.69, 9.17) is 4.74 Å². The summed E-state index contributed by atoms with van der Waals surface area (Å²) >= 11 is 3.16. The summed E-state index contributed by atoms with van der Waals surface area (Å²) in [7, 11) is 1.64. The van der Waals surface area contributed by atoms with E-state index >= 15 is 0 Å².